The molecule has 0 saturated heterocycles. The Kier molecular flexibility index (Phi) is 6.17. The lowest BCUT2D eigenvalue weighted by molar-refractivity contribution is 0.249. The molecule has 0 aliphatic heterocycles. The maximum Gasteiger partial charge on any atom is 0.319 e. The fourth-order valence-corrected chi connectivity index (χ4v) is 2.76. The number of methoxy groups -OCH3 is 2. The minimum atomic E-state index is -0.378. The van der Waals surface area contributed by atoms with Crippen LogP contribution in [0.25, 0.3) is 0 Å². The second-order valence-corrected chi connectivity index (χ2v) is 5.90. The minimum Gasteiger partial charge on any atom is -0.497 e. The molecule has 0 aliphatic carbocycles. The van der Waals surface area contributed by atoms with Gasteiger partial charge in [-0.2, -0.15) is 0 Å². The van der Waals surface area contributed by atoms with Crippen LogP contribution in [0.1, 0.15) is 18.5 Å². The van der Waals surface area contributed by atoms with E-state index in [9.17, 15) is 4.79 Å². The molecule has 0 bridgehead atoms. The monoisotopic (exact) mass is 368 g/mol. The quantitative estimate of drug-likeness (QED) is 0.789. The van der Waals surface area contributed by atoms with E-state index in [2.05, 4.69) is 10.6 Å². The molecule has 5 nitrogen and oxygen atoms in total. The van der Waals surface area contributed by atoms with Crippen molar-refractivity contribution in [2.75, 3.05) is 19.5 Å². The van der Waals surface area contributed by atoms with E-state index < -0.39 is 0 Å². The number of rotatable bonds is 5. The third-order valence-electron chi connectivity index (χ3n) is 3.43. The molecule has 0 radical (unpaired) electrons. The number of hydrogen-bond acceptors (Lipinski definition) is 3. The number of urea groups is 1. The van der Waals surface area contributed by atoms with E-state index in [4.69, 9.17) is 32.7 Å². The first-order valence-electron chi connectivity index (χ1n) is 7.19. The van der Waals surface area contributed by atoms with E-state index in [1.165, 1.54) is 7.11 Å². The summed E-state index contributed by atoms with van der Waals surface area (Å²) in [6, 6.07) is 9.61. The molecule has 2 amide bonds. The van der Waals surface area contributed by atoms with Crippen LogP contribution in [0.3, 0.4) is 0 Å². The van der Waals surface area contributed by atoms with Gasteiger partial charge in [-0.05, 0) is 36.8 Å². The summed E-state index contributed by atoms with van der Waals surface area (Å²) in [4.78, 5) is 12.2. The highest BCUT2D eigenvalue weighted by atomic mass is 35.5. The highest BCUT2D eigenvalue weighted by Crippen LogP contribution is 2.29. The summed E-state index contributed by atoms with van der Waals surface area (Å²) in [7, 11) is 3.08. The second-order valence-electron chi connectivity index (χ2n) is 5.05. The molecule has 1 unspecified atom stereocenters. The maximum atomic E-state index is 12.2. The van der Waals surface area contributed by atoms with Crippen molar-refractivity contribution >= 4 is 34.9 Å². The lowest BCUT2D eigenvalue weighted by Crippen LogP contribution is -2.31. The van der Waals surface area contributed by atoms with Crippen LogP contribution in [0.2, 0.25) is 10.0 Å². The molecule has 0 heterocycles. The Morgan fingerprint density at radius 2 is 1.83 bits per heavy atom. The Morgan fingerprint density at radius 3 is 2.46 bits per heavy atom. The average Bonchev–Trinajstić information content (AvgIpc) is 2.54. The van der Waals surface area contributed by atoms with E-state index >= 15 is 0 Å². The van der Waals surface area contributed by atoms with Gasteiger partial charge in [0.25, 0.3) is 0 Å². The molecule has 1 atom stereocenters. The lowest BCUT2D eigenvalue weighted by atomic mass is 10.1. The van der Waals surface area contributed by atoms with E-state index in [1.807, 2.05) is 6.92 Å². The SMILES string of the molecule is COc1ccc(NC(=O)NC(C)c2ccc(Cl)cc2Cl)c(OC)c1. The summed E-state index contributed by atoms with van der Waals surface area (Å²) in [6.07, 6.45) is 0. The van der Waals surface area contributed by atoms with Crippen molar-refractivity contribution in [3.8, 4) is 11.5 Å². The van der Waals surface area contributed by atoms with Gasteiger partial charge in [0.2, 0.25) is 0 Å². The van der Waals surface area contributed by atoms with E-state index in [0.29, 0.717) is 27.2 Å². The number of nitrogens with one attached hydrogen (secondary N) is 2. The Bertz CT molecular complexity index is 738. The zero-order chi connectivity index (χ0) is 17.7. The number of carbonyl (C=O) groups excluding carboxylic acids is 1. The Balaban J connectivity index is 2.07. The topological polar surface area (TPSA) is 59.6 Å². The number of benzene rings is 2. The first kappa shape index (κ1) is 18.2. The molecule has 2 aromatic carbocycles. The van der Waals surface area contributed by atoms with Crippen molar-refractivity contribution < 1.29 is 14.3 Å². The van der Waals surface area contributed by atoms with E-state index in [0.717, 1.165) is 5.56 Å². The number of anilines is 1. The van der Waals surface area contributed by atoms with Crippen LogP contribution < -0.4 is 20.1 Å². The molecule has 7 heteroatoms. The largest absolute Gasteiger partial charge is 0.497 e. The standard InChI is InChI=1S/C17H18Cl2N2O3/c1-10(13-6-4-11(18)8-14(13)19)20-17(22)21-15-7-5-12(23-2)9-16(15)24-3/h4-10H,1-3H3,(H2,20,21,22). The molecule has 2 aromatic rings. The smallest absolute Gasteiger partial charge is 0.319 e. The summed E-state index contributed by atoms with van der Waals surface area (Å²) < 4.78 is 10.4. The Hall–Kier alpha value is -2.11. The lowest BCUT2D eigenvalue weighted by Gasteiger charge is -2.17. The Morgan fingerprint density at radius 1 is 1.08 bits per heavy atom. The van der Waals surface area contributed by atoms with Crippen LogP contribution in [0.5, 0.6) is 11.5 Å². The predicted octanol–water partition coefficient (Wildman–Crippen LogP) is 4.89. The normalized spacial score (nSPS) is 11.5. The molecule has 0 aromatic heterocycles. The number of halogens is 2. The van der Waals surface area contributed by atoms with Gasteiger partial charge in [-0.3, -0.25) is 0 Å². The molecule has 2 N–H and O–H groups in total. The van der Waals surface area contributed by atoms with Crippen LogP contribution in [-0.4, -0.2) is 20.3 Å². The zero-order valence-electron chi connectivity index (χ0n) is 13.5. The summed E-state index contributed by atoms with van der Waals surface area (Å²) in [5.74, 6) is 1.14. The molecule has 0 aliphatic rings. The predicted molar refractivity (Wildman–Crippen MR) is 96.6 cm³/mol. The zero-order valence-corrected chi connectivity index (χ0v) is 15.0. The van der Waals surface area contributed by atoms with Crippen LogP contribution in [0.4, 0.5) is 10.5 Å². The van der Waals surface area contributed by atoms with Crippen molar-refractivity contribution in [2.24, 2.45) is 0 Å². The second kappa shape index (κ2) is 8.13. The highest BCUT2D eigenvalue weighted by Gasteiger charge is 2.14. The maximum absolute atomic E-state index is 12.2. The van der Waals surface area contributed by atoms with Crippen LogP contribution in [0, 0.1) is 0 Å². The molecule has 0 fully saturated rings. The minimum absolute atomic E-state index is 0.293. The van der Waals surface area contributed by atoms with Crippen LogP contribution in [0.15, 0.2) is 36.4 Å². The summed E-state index contributed by atoms with van der Waals surface area (Å²) in [6.45, 7) is 1.83. The first-order valence-corrected chi connectivity index (χ1v) is 7.94. The van der Waals surface area contributed by atoms with Gasteiger partial charge in [-0.1, -0.05) is 29.3 Å². The van der Waals surface area contributed by atoms with Crippen molar-refractivity contribution in [2.45, 2.75) is 13.0 Å². The fourth-order valence-electron chi connectivity index (χ4n) is 2.19. The highest BCUT2D eigenvalue weighted by molar-refractivity contribution is 6.35. The first-order chi connectivity index (χ1) is 11.4. The molecule has 128 valence electrons. The van der Waals surface area contributed by atoms with Crippen molar-refractivity contribution in [3.05, 3.63) is 52.0 Å². The number of ether oxygens (including phenoxy) is 2. The molecular weight excluding hydrogens is 351 g/mol. The number of amides is 2. The van der Waals surface area contributed by atoms with Crippen LogP contribution in [-0.2, 0) is 0 Å². The third kappa shape index (κ3) is 4.46. The van der Waals surface area contributed by atoms with Gasteiger partial charge >= 0.3 is 6.03 Å². The van der Waals surface area contributed by atoms with E-state index in [1.54, 1.807) is 43.5 Å². The average molecular weight is 369 g/mol. The van der Waals surface area contributed by atoms with Crippen LogP contribution >= 0.6 is 23.2 Å². The van der Waals surface area contributed by atoms with Gasteiger partial charge in [0.05, 0.1) is 25.9 Å². The molecule has 2 rings (SSSR count). The number of hydrogen-bond donors (Lipinski definition) is 2. The Labute approximate surface area is 150 Å². The van der Waals surface area contributed by atoms with Gasteiger partial charge < -0.3 is 20.1 Å². The summed E-state index contributed by atoms with van der Waals surface area (Å²) in [5.41, 5.74) is 1.31. The summed E-state index contributed by atoms with van der Waals surface area (Å²) >= 11 is 12.0. The molecule has 0 spiro atoms. The molecule has 24 heavy (non-hydrogen) atoms. The van der Waals surface area contributed by atoms with Crippen molar-refractivity contribution in [3.63, 3.8) is 0 Å². The van der Waals surface area contributed by atoms with Gasteiger partial charge in [0.1, 0.15) is 11.5 Å². The van der Waals surface area contributed by atoms with E-state index in [-0.39, 0.29) is 12.1 Å². The van der Waals surface area contributed by atoms with Gasteiger partial charge in [-0.15, -0.1) is 0 Å². The number of carbonyl (C=O) groups is 1. The fraction of sp³-hybridized carbons (Fsp3) is 0.235. The van der Waals surface area contributed by atoms with Gasteiger partial charge in [0.15, 0.2) is 0 Å². The molecular formula is C17H18Cl2N2O3. The van der Waals surface area contributed by atoms with Crippen molar-refractivity contribution in [1.82, 2.24) is 5.32 Å². The molecule has 0 saturated carbocycles. The third-order valence-corrected chi connectivity index (χ3v) is 4.00. The summed E-state index contributed by atoms with van der Waals surface area (Å²) in [5, 5.41) is 6.61. The van der Waals surface area contributed by atoms with Gasteiger partial charge in [0, 0.05) is 16.1 Å². The van der Waals surface area contributed by atoms with Gasteiger partial charge in [-0.25, -0.2) is 4.79 Å². The van der Waals surface area contributed by atoms with Crippen molar-refractivity contribution in [1.29, 1.82) is 0 Å².